The topological polar surface area (TPSA) is 112 Å². The number of likely N-dealkylation sites (N-methyl/N-ethyl adjacent to an activating group) is 1. The van der Waals surface area contributed by atoms with Gasteiger partial charge in [-0.05, 0) is 43.2 Å². The van der Waals surface area contributed by atoms with Gasteiger partial charge in [-0.3, -0.25) is 9.59 Å². The van der Waals surface area contributed by atoms with Crippen molar-refractivity contribution in [3.63, 3.8) is 0 Å². The molecule has 0 spiro atoms. The molecule has 0 fully saturated rings. The highest BCUT2D eigenvalue weighted by Crippen LogP contribution is 2.22. The number of fused-ring (bicyclic) bond motifs is 1. The number of nitrogens with one attached hydrogen (secondary N) is 4. The van der Waals surface area contributed by atoms with Crippen molar-refractivity contribution in [3.05, 3.63) is 78.1 Å². The lowest BCUT2D eigenvalue weighted by atomic mass is 10.0. The number of hydrogen-bond acceptors (Lipinski definition) is 6. The van der Waals surface area contributed by atoms with Crippen molar-refractivity contribution >= 4 is 40.3 Å². The number of aromatic amines is 1. The molecule has 0 saturated carbocycles. The highest BCUT2D eigenvalue weighted by Gasteiger charge is 2.28. The lowest BCUT2D eigenvalue weighted by molar-refractivity contribution is -0.132. The third-order valence-electron chi connectivity index (χ3n) is 6.59. The fourth-order valence-corrected chi connectivity index (χ4v) is 5.35. The second-order valence-electron chi connectivity index (χ2n) is 9.60. The molecule has 1 heterocycles. The number of carbonyl (C=O) groups is 3. The molecule has 1 aromatic heterocycles. The quantitative estimate of drug-likeness (QED) is 0.214. The summed E-state index contributed by atoms with van der Waals surface area (Å²) < 4.78 is 5.21. The fraction of sp³-hybridized carbons (Fsp3) is 0.387. The lowest BCUT2D eigenvalue weighted by Crippen LogP contribution is -2.52. The van der Waals surface area contributed by atoms with Crippen molar-refractivity contribution in [2.24, 2.45) is 5.92 Å². The number of aromatic nitrogens is 1. The third kappa shape index (κ3) is 9.19. The normalized spacial score (nSPS) is 12.9. The van der Waals surface area contributed by atoms with Gasteiger partial charge in [0.2, 0.25) is 11.8 Å². The average molecular weight is 567 g/mol. The Hall–Kier alpha value is -3.72. The number of carbonyl (C=O) groups excluding carboxylic acids is 3. The third-order valence-corrected chi connectivity index (χ3v) is 7.76. The predicted molar refractivity (Wildman–Crippen MR) is 164 cm³/mol. The summed E-state index contributed by atoms with van der Waals surface area (Å²) in [7, 11) is 3.37. The number of hydrogen-bond donors (Lipinski definition) is 4. The number of para-hydroxylation sites is 1. The number of Topliss-reactive ketones (excluding diaryl/α,β-unsaturated/α-hetero) is 1. The van der Waals surface area contributed by atoms with Gasteiger partial charge in [0.05, 0.1) is 19.1 Å². The van der Waals surface area contributed by atoms with Crippen LogP contribution in [-0.2, 0) is 26.6 Å². The number of ketones is 1. The van der Waals surface area contributed by atoms with E-state index in [1.807, 2.05) is 61.7 Å². The van der Waals surface area contributed by atoms with Crippen molar-refractivity contribution in [3.8, 4) is 5.75 Å². The zero-order valence-electron chi connectivity index (χ0n) is 23.0. The number of H-pyrrole nitrogens is 1. The second kappa shape index (κ2) is 15.8. The van der Waals surface area contributed by atoms with Gasteiger partial charge >= 0.3 is 0 Å². The molecule has 0 saturated heterocycles. The molecular weight excluding hydrogens is 524 g/mol. The minimum absolute atomic E-state index is 0. The van der Waals surface area contributed by atoms with Crippen LogP contribution in [0.1, 0.15) is 38.8 Å². The maximum Gasteiger partial charge on any atom is 0.243 e. The van der Waals surface area contributed by atoms with E-state index in [0.29, 0.717) is 23.6 Å². The summed E-state index contributed by atoms with van der Waals surface area (Å²) in [4.78, 5) is 42.1. The standard InChI is InChI=1S/C30H38N4O4S.CH4/c1-19(35)14-24(18-39-17-22-10-12-25(38-5)13-11-22)29(36)34-28(30(37)33-21(3)20(2)31-4)15-23-16-32-27-9-7-6-8-26(23)27;/h6-13,16,21,24,28,31-32H,2,14-15,17-18H2,1,3-5H3,(H,33,37)(H,34,36);1H4/t21?,24?,28-;/m0./s1. The van der Waals surface area contributed by atoms with Crippen LogP contribution in [0.4, 0.5) is 0 Å². The highest BCUT2D eigenvalue weighted by atomic mass is 32.2. The number of amides is 2. The molecule has 2 amide bonds. The van der Waals surface area contributed by atoms with Crippen LogP contribution in [-0.4, -0.2) is 54.6 Å². The van der Waals surface area contributed by atoms with Crippen molar-refractivity contribution in [1.29, 1.82) is 0 Å². The lowest BCUT2D eigenvalue weighted by Gasteiger charge is -2.24. The molecule has 0 aliphatic heterocycles. The summed E-state index contributed by atoms with van der Waals surface area (Å²) in [5, 5.41) is 9.84. The molecule has 3 aromatic rings. The molecule has 2 aromatic carbocycles. The van der Waals surface area contributed by atoms with Gasteiger partial charge in [0.25, 0.3) is 0 Å². The Labute approximate surface area is 241 Å². The molecule has 3 atom stereocenters. The smallest absolute Gasteiger partial charge is 0.243 e. The second-order valence-corrected chi connectivity index (χ2v) is 10.6. The first-order chi connectivity index (χ1) is 18.7. The van der Waals surface area contributed by atoms with E-state index in [1.54, 1.807) is 25.9 Å². The summed E-state index contributed by atoms with van der Waals surface area (Å²) in [5.41, 5.74) is 3.63. The van der Waals surface area contributed by atoms with Crippen LogP contribution < -0.4 is 20.7 Å². The molecule has 0 aliphatic rings. The van der Waals surface area contributed by atoms with Crippen molar-refractivity contribution in [2.45, 2.75) is 52.0 Å². The van der Waals surface area contributed by atoms with Gasteiger partial charge in [0.1, 0.15) is 17.6 Å². The molecule has 0 radical (unpaired) electrons. The van der Waals surface area contributed by atoms with E-state index >= 15 is 0 Å². The van der Waals surface area contributed by atoms with Crippen LogP contribution in [0, 0.1) is 5.92 Å². The van der Waals surface area contributed by atoms with E-state index in [2.05, 4.69) is 27.5 Å². The van der Waals surface area contributed by atoms with Crippen LogP contribution in [0.15, 0.2) is 67.0 Å². The minimum Gasteiger partial charge on any atom is -0.497 e. The summed E-state index contributed by atoms with van der Waals surface area (Å²) >= 11 is 1.58. The molecule has 4 N–H and O–H groups in total. The van der Waals surface area contributed by atoms with E-state index < -0.39 is 12.0 Å². The monoisotopic (exact) mass is 566 g/mol. The summed E-state index contributed by atoms with van der Waals surface area (Å²) in [6.45, 7) is 7.24. The molecule has 8 nitrogen and oxygen atoms in total. The maximum atomic E-state index is 13.5. The van der Waals surface area contributed by atoms with Crippen LogP contribution in [0.2, 0.25) is 0 Å². The number of benzene rings is 2. The Morgan fingerprint density at radius 1 is 1.05 bits per heavy atom. The SMILES string of the molecule is C.C=C(NC)C(C)NC(=O)[C@H](Cc1c[nH]c2ccccc12)NC(=O)C(CSCc1ccc(OC)cc1)CC(C)=O. The first-order valence-electron chi connectivity index (χ1n) is 12.9. The summed E-state index contributed by atoms with van der Waals surface area (Å²) in [6.07, 6.45) is 2.27. The molecular formula is C31H42N4O4S. The number of thioether (sulfide) groups is 1. The van der Waals surface area contributed by atoms with Gasteiger partial charge < -0.3 is 30.5 Å². The first-order valence-corrected chi connectivity index (χ1v) is 14.1. The van der Waals surface area contributed by atoms with Gasteiger partial charge in [0, 0.05) is 54.2 Å². The number of rotatable bonds is 15. The minimum atomic E-state index is -0.829. The van der Waals surface area contributed by atoms with E-state index in [-0.39, 0.29) is 37.5 Å². The van der Waals surface area contributed by atoms with Gasteiger partial charge in [-0.2, -0.15) is 11.8 Å². The van der Waals surface area contributed by atoms with Crippen molar-refractivity contribution in [1.82, 2.24) is 20.9 Å². The Balaban J connectivity index is 0.00000560. The molecule has 3 rings (SSSR count). The Morgan fingerprint density at radius 3 is 2.40 bits per heavy atom. The zero-order valence-corrected chi connectivity index (χ0v) is 23.8. The maximum absolute atomic E-state index is 13.5. The van der Waals surface area contributed by atoms with E-state index in [0.717, 1.165) is 27.8 Å². The Morgan fingerprint density at radius 2 is 1.75 bits per heavy atom. The van der Waals surface area contributed by atoms with Gasteiger partial charge in [-0.15, -0.1) is 0 Å². The highest BCUT2D eigenvalue weighted by molar-refractivity contribution is 7.98. The van der Waals surface area contributed by atoms with Crippen molar-refractivity contribution in [2.75, 3.05) is 19.9 Å². The molecule has 216 valence electrons. The van der Waals surface area contributed by atoms with Gasteiger partial charge in [-0.1, -0.05) is 44.3 Å². The van der Waals surface area contributed by atoms with E-state index in [1.165, 1.54) is 6.92 Å². The number of methoxy groups -OCH3 is 1. The van der Waals surface area contributed by atoms with Crippen LogP contribution in [0.25, 0.3) is 10.9 Å². The molecule has 0 aliphatic carbocycles. The Bertz CT molecular complexity index is 1290. The zero-order chi connectivity index (χ0) is 28.4. The average Bonchev–Trinajstić information content (AvgIpc) is 3.34. The predicted octanol–water partition coefficient (Wildman–Crippen LogP) is 4.61. The molecule has 40 heavy (non-hydrogen) atoms. The van der Waals surface area contributed by atoms with Crippen LogP contribution >= 0.6 is 11.8 Å². The van der Waals surface area contributed by atoms with Crippen LogP contribution in [0.3, 0.4) is 0 Å². The largest absolute Gasteiger partial charge is 0.497 e. The Kier molecular flexibility index (Phi) is 12.8. The summed E-state index contributed by atoms with van der Waals surface area (Å²) in [5.74, 6) is 0.660. The van der Waals surface area contributed by atoms with E-state index in [9.17, 15) is 14.4 Å². The van der Waals surface area contributed by atoms with Gasteiger partial charge in [0.15, 0.2) is 0 Å². The molecule has 0 bridgehead atoms. The van der Waals surface area contributed by atoms with E-state index in [4.69, 9.17) is 4.74 Å². The van der Waals surface area contributed by atoms with Gasteiger partial charge in [-0.25, -0.2) is 0 Å². The summed E-state index contributed by atoms with van der Waals surface area (Å²) in [6, 6.07) is 14.4. The molecule has 9 heteroatoms. The first kappa shape index (κ1) is 32.5. The van der Waals surface area contributed by atoms with Crippen molar-refractivity contribution < 1.29 is 19.1 Å². The fourth-order valence-electron chi connectivity index (χ4n) is 4.25. The van der Waals surface area contributed by atoms with Crippen LogP contribution in [0.5, 0.6) is 5.75 Å². The molecule has 2 unspecified atom stereocenters. The number of ether oxygens (including phenoxy) is 1.